The molecule has 0 aromatic heterocycles. The van der Waals surface area contributed by atoms with Crippen LogP contribution in [-0.4, -0.2) is 32.3 Å². The predicted octanol–water partition coefficient (Wildman–Crippen LogP) is 0.464. The first-order valence-electron chi connectivity index (χ1n) is 3.81. The summed E-state index contributed by atoms with van der Waals surface area (Å²) in [6.07, 6.45) is 0.824. The van der Waals surface area contributed by atoms with Gasteiger partial charge in [-0.05, 0) is 6.42 Å². The van der Waals surface area contributed by atoms with E-state index in [4.69, 9.17) is 4.74 Å². The number of esters is 1. The maximum Gasteiger partial charge on any atom is 0.312 e. The molecule has 0 aromatic carbocycles. The molecule has 0 saturated carbocycles. The highest BCUT2D eigenvalue weighted by molar-refractivity contribution is 9.08. The summed E-state index contributed by atoms with van der Waals surface area (Å²) in [7, 11) is 1.39. The highest BCUT2D eigenvalue weighted by atomic mass is 79.9. The smallest absolute Gasteiger partial charge is 0.312 e. The van der Waals surface area contributed by atoms with Crippen molar-refractivity contribution in [1.82, 2.24) is 4.34 Å². The van der Waals surface area contributed by atoms with E-state index >= 15 is 0 Å². The summed E-state index contributed by atoms with van der Waals surface area (Å²) in [5.41, 5.74) is 0. The third kappa shape index (κ3) is 2.18. The van der Waals surface area contributed by atoms with Gasteiger partial charge in [0.05, 0.1) is 19.6 Å². The molecule has 1 aliphatic heterocycles. The van der Waals surface area contributed by atoms with Crippen molar-refractivity contribution in [2.45, 2.75) is 12.5 Å². The van der Waals surface area contributed by atoms with Crippen LogP contribution in [0, 0.1) is 5.92 Å². The van der Waals surface area contributed by atoms with Crippen LogP contribution < -0.4 is 4.34 Å². The number of methoxy groups -OCH3 is 1. The van der Waals surface area contributed by atoms with E-state index in [-0.39, 0.29) is 17.9 Å². The Morgan fingerprint density at radius 2 is 2.50 bits per heavy atom. The van der Waals surface area contributed by atoms with Gasteiger partial charge in [-0.3, -0.25) is 9.14 Å². The minimum absolute atomic E-state index is 0.117. The molecule has 2 atom stereocenters. The Bertz CT molecular complexity index is 165. The monoisotopic (exact) mass is 237 g/mol. The average molecular weight is 238 g/mol. The van der Waals surface area contributed by atoms with Gasteiger partial charge in [0.15, 0.2) is 0 Å². The van der Waals surface area contributed by atoms with Gasteiger partial charge in [-0.15, -0.1) is 0 Å². The Morgan fingerprint density at radius 3 is 3.08 bits per heavy atom. The first-order valence-corrected chi connectivity index (χ1v) is 4.60. The summed E-state index contributed by atoms with van der Waals surface area (Å²) in [6, 6.07) is 0.117. The minimum atomic E-state index is -0.216. The highest BCUT2D eigenvalue weighted by Crippen LogP contribution is 2.16. The molecule has 12 heavy (non-hydrogen) atoms. The zero-order chi connectivity index (χ0) is 8.97. The van der Waals surface area contributed by atoms with Gasteiger partial charge >= 0.3 is 5.97 Å². The second-order valence-corrected chi connectivity index (χ2v) is 3.17. The van der Waals surface area contributed by atoms with Crippen LogP contribution in [-0.2, 0) is 14.3 Å². The van der Waals surface area contributed by atoms with Crippen LogP contribution in [0.4, 0.5) is 0 Å². The van der Waals surface area contributed by atoms with Gasteiger partial charge in [-0.25, -0.2) is 0 Å². The molecule has 1 fully saturated rings. The molecule has 70 valence electrons. The largest absolute Gasteiger partial charge is 0.469 e. The van der Waals surface area contributed by atoms with E-state index in [0.29, 0.717) is 13.2 Å². The Kier molecular flexibility index (Phi) is 3.97. The van der Waals surface area contributed by atoms with Crippen LogP contribution in [0.5, 0.6) is 0 Å². The fourth-order valence-corrected chi connectivity index (χ4v) is 1.80. The number of hydrogen-bond acceptors (Lipinski definition) is 4. The van der Waals surface area contributed by atoms with Crippen molar-refractivity contribution in [2.24, 2.45) is 5.92 Å². The number of ether oxygens (including phenoxy) is 2. The molecule has 0 bridgehead atoms. The predicted molar refractivity (Wildman–Crippen MR) is 46.8 cm³/mol. The Balaban J connectivity index is 2.52. The van der Waals surface area contributed by atoms with Crippen molar-refractivity contribution in [1.29, 1.82) is 0 Å². The van der Waals surface area contributed by atoms with Gasteiger partial charge in [0.1, 0.15) is 0 Å². The summed E-state index contributed by atoms with van der Waals surface area (Å²) in [5.74, 6) is -0.408. The van der Waals surface area contributed by atoms with E-state index in [9.17, 15) is 4.79 Å². The first kappa shape index (κ1) is 9.95. The van der Waals surface area contributed by atoms with Crippen LogP contribution in [0.25, 0.3) is 0 Å². The number of hydrogen-bond donors (Lipinski definition) is 1. The fraction of sp³-hybridized carbons (Fsp3) is 0.857. The normalized spacial score (nSPS) is 29.8. The fourth-order valence-electron chi connectivity index (χ4n) is 1.25. The third-order valence-corrected chi connectivity index (χ3v) is 2.59. The van der Waals surface area contributed by atoms with Gasteiger partial charge in [-0.1, -0.05) is 0 Å². The molecular formula is C7H12BrNO3. The van der Waals surface area contributed by atoms with E-state index in [0.717, 1.165) is 6.42 Å². The SMILES string of the molecule is COC(=O)[C@@H]1COCC[C@@H]1NBr. The number of carbonyl (C=O) groups is 1. The lowest BCUT2D eigenvalue weighted by Gasteiger charge is -2.28. The first-order chi connectivity index (χ1) is 5.79. The van der Waals surface area contributed by atoms with E-state index in [2.05, 4.69) is 25.2 Å². The van der Waals surface area contributed by atoms with E-state index < -0.39 is 0 Å². The van der Waals surface area contributed by atoms with Gasteiger partial charge in [0.2, 0.25) is 0 Å². The van der Waals surface area contributed by atoms with E-state index in [1.54, 1.807) is 0 Å². The Morgan fingerprint density at radius 1 is 1.75 bits per heavy atom. The molecule has 1 heterocycles. The third-order valence-electron chi connectivity index (χ3n) is 2.00. The van der Waals surface area contributed by atoms with E-state index in [1.165, 1.54) is 7.11 Å². The summed E-state index contributed by atoms with van der Waals surface area (Å²) in [5, 5.41) is 0. The molecule has 4 nitrogen and oxygen atoms in total. The lowest BCUT2D eigenvalue weighted by molar-refractivity contribution is -0.150. The van der Waals surface area contributed by atoms with Crippen molar-refractivity contribution < 1.29 is 14.3 Å². The summed E-state index contributed by atoms with van der Waals surface area (Å²) >= 11 is 3.14. The molecule has 0 aliphatic carbocycles. The maximum absolute atomic E-state index is 11.2. The summed E-state index contributed by atoms with van der Waals surface area (Å²) in [4.78, 5) is 11.2. The van der Waals surface area contributed by atoms with Gasteiger partial charge in [-0.2, -0.15) is 0 Å². The molecular weight excluding hydrogens is 226 g/mol. The van der Waals surface area contributed by atoms with Crippen molar-refractivity contribution in [2.75, 3.05) is 20.3 Å². The number of rotatable bonds is 2. The average Bonchev–Trinajstić information content (AvgIpc) is 2.16. The molecule has 0 amide bonds. The van der Waals surface area contributed by atoms with Crippen LogP contribution in [0.2, 0.25) is 0 Å². The molecule has 0 aromatic rings. The highest BCUT2D eigenvalue weighted by Gasteiger charge is 2.31. The van der Waals surface area contributed by atoms with Crippen LogP contribution >= 0.6 is 16.1 Å². The van der Waals surface area contributed by atoms with Gasteiger partial charge < -0.3 is 9.47 Å². The zero-order valence-corrected chi connectivity index (χ0v) is 8.46. The maximum atomic E-state index is 11.2. The molecule has 1 aliphatic rings. The second kappa shape index (κ2) is 4.79. The molecule has 1 N–H and O–H groups in total. The standard InChI is InChI=1S/C7H12BrNO3/c1-11-7(10)5-4-12-3-2-6(5)9-8/h5-6,9H,2-4H2,1H3/t5-,6+/m1/s1. The molecule has 5 heteroatoms. The van der Waals surface area contributed by atoms with Crippen molar-refractivity contribution in [3.63, 3.8) is 0 Å². The number of carbonyl (C=O) groups excluding carboxylic acids is 1. The molecule has 0 spiro atoms. The van der Waals surface area contributed by atoms with Crippen LogP contribution in [0.3, 0.4) is 0 Å². The number of nitrogens with one attached hydrogen (secondary N) is 1. The molecule has 0 radical (unpaired) electrons. The lowest BCUT2D eigenvalue weighted by atomic mass is 9.97. The van der Waals surface area contributed by atoms with Crippen molar-refractivity contribution >= 4 is 22.1 Å². The van der Waals surface area contributed by atoms with Crippen LogP contribution in [0.15, 0.2) is 0 Å². The molecule has 1 saturated heterocycles. The molecule has 0 unspecified atom stereocenters. The van der Waals surface area contributed by atoms with Gasteiger partial charge in [0, 0.05) is 28.8 Å². The van der Waals surface area contributed by atoms with E-state index in [1.807, 2.05) is 0 Å². The Hall–Kier alpha value is -0.130. The van der Waals surface area contributed by atoms with Crippen molar-refractivity contribution in [3.8, 4) is 0 Å². The van der Waals surface area contributed by atoms with Gasteiger partial charge in [0.25, 0.3) is 0 Å². The lowest BCUT2D eigenvalue weighted by Crippen LogP contribution is -2.43. The Labute approximate surface area is 79.9 Å². The minimum Gasteiger partial charge on any atom is -0.469 e. The van der Waals surface area contributed by atoms with Crippen LogP contribution in [0.1, 0.15) is 6.42 Å². The zero-order valence-electron chi connectivity index (χ0n) is 6.88. The summed E-state index contributed by atoms with van der Waals surface area (Å²) in [6.45, 7) is 1.13. The second-order valence-electron chi connectivity index (χ2n) is 2.71. The van der Waals surface area contributed by atoms with Crippen molar-refractivity contribution in [3.05, 3.63) is 0 Å². The number of halogens is 1. The molecule has 1 rings (SSSR count). The quantitative estimate of drug-likeness (QED) is 0.561. The summed E-state index contributed by atoms with van der Waals surface area (Å²) < 4.78 is 12.7. The topological polar surface area (TPSA) is 47.6 Å².